The third-order valence-corrected chi connectivity index (χ3v) is 2.98. The smallest absolute Gasteiger partial charge is 0.255 e. The van der Waals surface area contributed by atoms with E-state index in [9.17, 15) is 9.90 Å². The lowest BCUT2D eigenvalue weighted by Crippen LogP contribution is -2.24. The second-order valence-corrected chi connectivity index (χ2v) is 4.37. The first-order valence-corrected chi connectivity index (χ1v) is 5.86. The van der Waals surface area contributed by atoms with Crippen molar-refractivity contribution < 1.29 is 14.6 Å². The molecule has 4 heteroatoms. The Balaban J connectivity index is 1.96. The van der Waals surface area contributed by atoms with Crippen LogP contribution >= 0.6 is 0 Å². The molecule has 2 N–H and O–H groups in total. The highest BCUT2D eigenvalue weighted by Crippen LogP contribution is 2.31. The molecule has 1 saturated carbocycles. The van der Waals surface area contributed by atoms with Crippen molar-refractivity contribution in [3.63, 3.8) is 0 Å². The summed E-state index contributed by atoms with van der Waals surface area (Å²) in [5, 5.41) is 12.4. The normalized spacial score (nSPS) is 14.4. The SMILES string of the molecule is COc1ccc(O)c(C(=O)NCCC2CC2)c1. The van der Waals surface area contributed by atoms with Crippen molar-refractivity contribution in [2.75, 3.05) is 13.7 Å². The number of rotatable bonds is 5. The molecule has 0 spiro atoms. The highest BCUT2D eigenvalue weighted by atomic mass is 16.5. The van der Waals surface area contributed by atoms with Gasteiger partial charge in [-0.3, -0.25) is 4.79 Å². The molecule has 1 aliphatic carbocycles. The number of carbonyl (C=O) groups is 1. The standard InChI is InChI=1S/C13H17NO3/c1-17-10-4-5-12(15)11(8-10)13(16)14-7-6-9-2-3-9/h4-5,8-9,15H,2-3,6-7H2,1H3,(H,14,16). The number of nitrogens with one attached hydrogen (secondary N) is 1. The van der Waals surface area contributed by atoms with Gasteiger partial charge in [0.05, 0.1) is 12.7 Å². The Morgan fingerprint density at radius 2 is 2.29 bits per heavy atom. The van der Waals surface area contributed by atoms with Gasteiger partial charge in [0, 0.05) is 6.54 Å². The van der Waals surface area contributed by atoms with Crippen molar-refractivity contribution in [1.29, 1.82) is 0 Å². The van der Waals surface area contributed by atoms with Gasteiger partial charge in [0.15, 0.2) is 0 Å². The summed E-state index contributed by atoms with van der Waals surface area (Å²) in [6, 6.07) is 4.63. The summed E-state index contributed by atoms with van der Waals surface area (Å²) >= 11 is 0. The molecule has 0 bridgehead atoms. The number of phenolic OH excluding ortho intramolecular Hbond substituents is 1. The first-order valence-electron chi connectivity index (χ1n) is 5.86. The van der Waals surface area contributed by atoms with Crippen LogP contribution in [0.4, 0.5) is 0 Å². The number of benzene rings is 1. The van der Waals surface area contributed by atoms with Crippen LogP contribution in [-0.4, -0.2) is 24.7 Å². The van der Waals surface area contributed by atoms with E-state index in [1.54, 1.807) is 12.1 Å². The van der Waals surface area contributed by atoms with Gasteiger partial charge in [-0.05, 0) is 30.5 Å². The molecule has 0 saturated heterocycles. The van der Waals surface area contributed by atoms with Crippen LogP contribution in [0.15, 0.2) is 18.2 Å². The fourth-order valence-electron chi connectivity index (χ4n) is 1.72. The zero-order valence-electron chi connectivity index (χ0n) is 9.90. The first kappa shape index (κ1) is 11.8. The second-order valence-electron chi connectivity index (χ2n) is 4.37. The van der Waals surface area contributed by atoms with E-state index in [2.05, 4.69) is 5.32 Å². The van der Waals surface area contributed by atoms with Crippen LogP contribution in [-0.2, 0) is 0 Å². The fourth-order valence-corrected chi connectivity index (χ4v) is 1.72. The minimum absolute atomic E-state index is 0.0188. The van der Waals surface area contributed by atoms with Gasteiger partial charge in [-0.25, -0.2) is 0 Å². The van der Waals surface area contributed by atoms with Gasteiger partial charge in [-0.15, -0.1) is 0 Å². The zero-order chi connectivity index (χ0) is 12.3. The molecule has 0 heterocycles. The van der Waals surface area contributed by atoms with E-state index in [0.717, 1.165) is 12.3 Å². The molecule has 0 radical (unpaired) electrons. The summed E-state index contributed by atoms with van der Waals surface area (Å²) in [6.45, 7) is 0.667. The molecule has 1 aromatic rings. The lowest BCUT2D eigenvalue weighted by atomic mass is 10.1. The van der Waals surface area contributed by atoms with Gasteiger partial charge in [0.1, 0.15) is 11.5 Å². The third-order valence-electron chi connectivity index (χ3n) is 2.98. The Bertz CT molecular complexity index is 413. The van der Waals surface area contributed by atoms with E-state index in [4.69, 9.17) is 4.74 Å². The van der Waals surface area contributed by atoms with Crippen molar-refractivity contribution in [3.8, 4) is 11.5 Å². The zero-order valence-corrected chi connectivity index (χ0v) is 9.90. The van der Waals surface area contributed by atoms with Crippen LogP contribution in [0, 0.1) is 5.92 Å². The fraction of sp³-hybridized carbons (Fsp3) is 0.462. The lowest BCUT2D eigenvalue weighted by molar-refractivity contribution is 0.0949. The highest BCUT2D eigenvalue weighted by Gasteiger charge is 2.21. The van der Waals surface area contributed by atoms with Crippen LogP contribution < -0.4 is 10.1 Å². The number of carbonyl (C=O) groups excluding carboxylic acids is 1. The van der Waals surface area contributed by atoms with Crippen LogP contribution in [0.2, 0.25) is 0 Å². The second kappa shape index (κ2) is 5.08. The number of aromatic hydroxyl groups is 1. The maximum Gasteiger partial charge on any atom is 0.255 e. The van der Waals surface area contributed by atoms with Crippen LogP contribution in [0.3, 0.4) is 0 Å². The van der Waals surface area contributed by atoms with Crippen LogP contribution in [0.25, 0.3) is 0 Å². The molecular weight excluding hydrogens is 218 g/mol. The van der Waals surface area contributed by atoms with Crippen molar-refractivity contribution in [2.24, 2.45) is 5.92 Å². The van der Waals surface area contributed by atoms with E-state index in [0.29, 0.717) is 12.3 Å². The van der Waals surface area contributed by atoms with Gasteiger partial charge < -0.3 is 15.2 Å². The molecule has 0 aromatic heterocycles. The maximum absolute atomic E-state index is 11.8. The quantitative estimate of drug-likeness (QED) is 0.819. The lowest BCUT2D eigenvalue weighted by Gasteiger charge is -2.08. The molecule has 1 amide bonds. The molecule has 1 aliphatic rings. The number of methoxy groups -OCH3 is 1. The van der Waals surface area contributed by atoms with Crippen LogP contribution in [0.1, 0.15) is 29.6 Å². The summed E-state index contributed by atoms with van der Waals surface area (Å²) < 4.78 is 5.02. The van der Waals surface area contributed by atoms with Crippen molar-refractivity contribution in [3.05, 3.63) is 23.8 Å². The Morgan fingerprint density at radius 1 is 1.53 bits per heavy atom. The van der Waals surface area contributed by atoms with Gasteiger partial charge >= 0.3 is 0 Å². The minimum Gasteiger partial charge on any atom is -0.507 e. The van der Waals surface area contributed by atoms with Gasteiger partial charge in [0.25, 0.3) is 5.91 Å². The largest absolute Gasteiger partial charge is 0.507 e. The molecule has 1 fully saturated rings. The van der Waals surface area contributed by atoms with Gasteiger partial charge in [0.2, 0.25) is 0 Å². The summed E-state index contributed by atoms with van der Waals surface area (Å²) in [5.41, 5.74) is 0.264. The van der Waals surface area contributed by atoms with E-state index < -0.39 is 0 Å². The number of hydrogen-bond donors (Lipinski definition) is 2. The molecule has 0 atom stereocenters. The average Bonchev–Trinajstić information content (AvgIpc) is 3.13. The molecule has 0 unspecified atom stereocenters. The van der Waals surface area contributed by atoms with Crippen LogP contribution in [0.5, 0.6) is 11.5 Å². The van der Waals surface area contributed by atoms with Gasteiger partial charge in [-0.1, -0.05) is 12.8 Å². The van der Waals surface area contributed by atoms with E-state index in [1.807, 2.05) is 0 Å². The topological polar surface area (TPSA) is 58.6 Å². The molecule has 2 rings (SSSR count). The maximum atomic E-state index is 11.8. The number of phenols is 1. The Morgan fingerprint density at radius 3 is 2.94 bits per heavy atom. The Labute approximate surface area is 101 Å². The summed E-state index contributed by atoms with van der Waals surface area (Å²) in [7, 11) is 1.53. The number of ether oxygens (including phenoxy) is 1. The Hall–Kier alpha value is -1.71. The van der Waals surface area contributed by atoms with E-state index >= 15 is 0 Å². The summed E-state index contributed by atoms with van der Waals surface area (Å²) in [5.74, 6) is 1.08. The van der Waals surface area contributed by atoms with Crippen molar-refractivity contribution in [2.45, 2.75) is 19.3 Å². The summed E-state index contributed by atoms with van der Waals surface area (Å²) in [6.07, 6.45) is 3.58. The molecule has 4 nitrogen and oxygen atoms in total. The molecule has 92 valence electrons. The predicted octanol–water partition coefficient (Wildman–Crippen LogP) is 1.93. The molecule has 17 heavy (non-hydrogen) atoms. The third kappa shape index (κ3) is 3.12. The minimum atomic E-state index is -0.248. The predicted molar refractivity (Wildman–Crippen MR) is 64.3 cm³/mol. The van der Waals surface area contributed by atoms with Gasteiger partial charge in [-0.2, -0.15) is 0 Å². The van der Waals surface area contributed by atoms with E-state index in [1.165, 1.54) is 26.0 Å². The van der Waals surface area contributed by atoms with E-state index in [-0.39, 0.29) is 17.2 Å². The first-order chi connectivity index (χ1) is 8.20. The monoisotopic (exact) mass is 235 g/mol. The number of amides is 1. The summed E-state index contributed by atoms with van der Waals surface area (Å²) in [4.78, 5) is 11.8. The number of hydrogen-bond acceptors (Lipinski definition) is 3. The Kier molecular flexibility index (Phi) is 3.52. The molecule has 1 aromatic carbocycles. The average molecular weight is 235 g/mol. The molecule has 0 aliphatic heterocycles. The molecular formula is C13H17NO3. The van der Waals surface area contributed by atoms with Crippen molar-refractivity contribution >= 4 is 5.91 Å². The highest BCUT2D eigenvalue weighted by molar-refractivity contribution is 5.97. The van der Waals surface area contributed by atoms with Crippen molar-refractivity contribution in [1.82, 2.24) is 5.32 Å².